The molecule has 31 heavy (non-hydrogen) atoms. The number of halogens is 3. The summed E-state index contributed by atoms with van der Waals surface area (Å²) in [6.07, 6.45) is 1.63. The fraction of sp³-hybridized carbons (Fsp3) is 0.409. The second kappa shape index (κ2) is 7.64. The molecule has 0 spiro atoms. The van der Waals surface area contributed by atoms with E-state index >= 15 is 0 Å². The van der Waals surface area contributed by atoms with Gasteiger partial charge in [0.1, 0.15) is 5.52 Å². The van der Waals surface area contributed by atoms with Crippen molar-refractivity contribution in [3.05, 3.63) is 41.9 Å². The highest BCUT2D eigenvalue weighted by Gasteiger charge is 2.38. The van der Waals surface area contributed by atoms with Gasteiger partial charge < -0.3 is 14.9 Å². The lowest BCUT2D eigenvalue weighted by atomic mass is 9.94. The van der Waals surface area contributed by atoms with E-state index in [1.54, 1.807) is 18.5 Å². The van der Waals surface area contributed by atoms with Crippen molar-refractivity contribution in [1.29, 1.82) is 0 Å². The molecule has 1 aliphatic rings. The van der Waals surface area contributed by atoms with Gasteiger partial charge in [0.25, 0.3) is 0 Å². The van der Waals surface area contributed by atoms with Crippen molar-refractivity contribution in [2.24, 2.45) is 5.92 Å². The van der Waals surface area contributed by atoms with Crippen molar-refractivity contribution < 1.29 is 13.2 Å². The predicted octanol–water partition coefficient (Wildman–Crippen LogP) is 4.69. The number of aromatic nitrogens is 5. The number of imidazole rings is 2. The molecule has 162 valence electrons. The van der Waals surface area contributed by atoms with Gasteiger partial charge in [0.05, 0.1) is 11.0 Å². The molecule has 0 radical (unpaired) electrons. The highest BCUT2D eigenvalue weighted by atomic mass is 19.4. The molecule has 1 aliphatic heterocycles. The van der Waals surface area contributed by atoms with Gasteiger partial charge in [-0.3, -0.25) is 0 Å². The summed E-state index contributed by atoms with van der Waals surface area (Å²) in [5, 5.41) is 4.03. The number of nitrogens with one attached hydrogen (secondary N) is 2. The minimum atomic E-state index is -4.61. The normalized spacial score (nSPS) is 15.9. The van der Waals surface area contributed by atoms with Crippen LogP contribution in [0.3, 0.4) is 0 Å². The van der Waals surface area contributed by atoms with Gasteiger partial charge in [0.2, 0.25) is 0 Å². The van der Waals surface area contributed by atoms with Crippen molar-refractivity contribution in [2.75, 3.05) is 13.1 Å². The van der Waals surface area contributed by atoms with E-state index in [9.17, 15) is 13.2 Å². The SMILES string of the molecule is Cc1ccc2c(c1)nc(C(F)(F)F)c1nc(-c3ncc[nH]3)n(CCC3CCNCC3)c12. The van der Waals surface area contributed by atoms with Crippen LogP contribution in [0.1, 0.15) is 30.5 Å². The fourth-order valence-electron chi connectivity index (χ4n) is 4.46. The Labute approximate surface area is 176 Å². The molecule has 6 nitrogen and oxygen atoms in total. The fourth-order valence-corrected chi connectivity index (χ4v) is 4.46. The van der Waals surface area contributed by atoms with E-state index in [4.69, 9.17) is 0 Å². The Morgan fingerprint density at radius 2 is 1.97 bits per heavy atom. The van der Waals surface area contributed by atoms with Gasteiger partial charge in [-0.15, -0.1) is 0 Å². The molecule has 3 aromatic heterocycles. The predicted molar refractivity (Wildman–Crippen MR) is 113 cm³/mol. The molecule has 1 saturated heterocycles. The summed E-state index contributed by atoms with van der Waals surface area (Å²) in [6.45, 7) is 4.37. The Bertz CT molecular complexity index is 1220. The lowest BCUT2D eigenvalue weighted by Crippen LogP contribution is -2.28. The summed E-state index contributed by atoms with van der Waals surface area (Å²) < 4.78 is 43.8. The lowest BCUT2D eigenvalue weighted by Gasteiger charge is -2.23. The maximum Gasteiger partial charge on any atom is 0.435 e. The maximum atomic E-state index is 14.0. The number of fused-ring (bicyclic) bond motifs is 3. The Hall–Kier alpha value is -2.94. The highest BCUT2D eigenvalue weighted by Crippen LogP contribution is 2.38. The lowest BCUT2D eigenvalue weighted by molar-refractivity contribution is -0.139. The van der Waals surface area contributed by atoms with Gasteiger partial charge in [-0.25, -0.2) is 15.0 Å². The maximum absolute atomic E-state index is 14.0. The Kier molecular flexibility index (Phi) is 4.92. The number of alkyl halides is 3. The molecule has 4 heterocycles. The molecule has 1 fully saturated rings. The van der Waals surface area contributed by atoms with Gasteiger partial charge in [-0.05, 0) is 56.8 Å². The zero-order chi connectivity index (χ0) is 21.6. The number of hydrogen-bond donors (Lipinski definition) is 2. The van der Waals surface area contributed by atoms with Crippen LogP contribution in [0.15, 0.2) is 30.6 Å². The summed E-state index contributed by atoms with van der Waals surface area (Å²) in [5.41, 5.74) is 0.584. The molecule has 0 aliphatic carbocycles. The number of pyridine rings is 1. The van der Waals surface area contributed by atoms with E-state index in [-0.39, 0.29) is 5.52 Å². The quantitative estimate of drug-likeness (QED) is 0.495. The molecule has 1 aromatic carbocycles. The third-order valence-corrected chi connectivity index (χ3v) is 6.03. The Morgan fingerprint density at radius 1 is 1.16 bits per heavy atom. The van der Waals surface area contributed by atoms with E-state index in [2.05, 4.69) is 25.3 Å². The number of hydrogen-bond acceptors (Lipinski definition) is 4. The standard InChI is InChI=1S/C22H23F3N6/c1-13-2-3-15-16(12-13)29-19(22(23,24)25)17-18(15)31(11-6-14-4-7-26-8-5-14)21(30-17)20-27-9-10-28-20/h2-3,9-10,12,14,26H,4-8,11H2,1H3,(H,27,28). The van der Waals surface area contributed by atoms with Gasteiger partial charge in [-0.2, -0.15) is 13.2 Å². The minimum Gasteiger partial charge on any atom is -0.342 e. The van der Waals surface area contributed by atoms with Crippen LogP contribution in [0.25, 0.3) is 33.6 Å². The average Bonchev–Trinajstić information content (AvgIpc) is 3.39. The van der Waals surface area contributed by atoms with Gasteiger partial charge in [-0.1, -0.05) is 12.1 Å². The number of rotatable bonds is 4. The van der Waals surface area contributed by atoms with Crippen LogP contribution in [0.5, 0.6) is 0 Å². The smallest absolute Gasteiger partial charge is 0.342 e. The third kappa shape index (κ3) is 3.67. The first kappa shape index (κ1) is 20.0. The molecule has 0 atom stereocenters. The number of aromatic amines is 1. The highest BCUT2D eigenvalue weighted by molar-refractivity contribution is 6.04. The topological polar surface area (TPSA) is 71.4 Å². The molecule has 0 bridgehead atoms. The third-order valence-electron chi connectivity index (χ3n) is 6.03. The number of H-pyrrole nitrogens is 1. The molecular weight excluding hydrogens is 405 g/mol. The molecule has 9 heteroatoms. The van der Waals surface area contributed by atoms with Gasteiger partial charge >= 0.3 is 6.18 Å². The first-order chi connectivity index (χ1) is 14.9. The van der Waals surface area contributed by atoms with Crippen LogP contribution < -0.4 is 5.32 Å². The molecule has 4 aromatic rings. The van der Waals surface area contributed by atoms with E-state index in [0.29, 0.717) is 40.5 Å². The first-order valence-corrected chi connectivity index (χ1v) is 10.5. The van der Waals surface area contributed by atoms with Crippen molar-refractivity contribution >= 4 is 21.9 Å². The van der Waals surface area contributed by atoms with Crippen LogP contribution >= 0.6 is 0 Å². The van der Waals surface area contributed by atoms with E-state index in [1.807, 2.05) is 23.6 Å². The van der Waals surface area contributed by atoms with Crippen molar-refractivity contribution in [3.8, 4) is 11.6 Å². The zero-order valence-corrected chi connectivity index (χ0v) is 17.1. The summed E-state index contributed by atoms with van der Waals surface area (Å²) in [4.78, 5) is 15.7. The zero-order valence-electron chi connectivity index (χ0n) is 17.1. The molecule has 0 amide bonds. The first-order valence-electron chi connectivity index (χ1n) is 10.5. The van der Waals surface area contributed by atoms with Crippen LogP contribution in [0, 0.1) is 12.8 Å². The summed E-state index contributed by atoms with van der Waals surface area (Å²) in [6, 6.07) is 5.43. The monoisotopic (exact) mass is 428 g/mol. The van der Waals surface area contributed by atoms with Crippen molar-refractivity contribution in [2.45, 2.75) is 38.9 Å². The molecule has 0 unspecified atom stereocenters. The average molecular weight is 428 g/mol. The van der Waals surface area contributed by atoms with E-state index in [0.717, 1.165) is 37.9 Å². The Morgan fingerprint density at radius 3 is 2.68 bits per heavy atom. The van der Waals surface area contributed by atoms with Gasteiger partial charge in [0.15, 0.2) is 17.3 Å². The Balaban J connectivity index is 1.75. The molecule has 5 rings (SSSR count). The van der Waals surface area contributed by atoms with E-state index < -0.39 is 11.9 Å². The van der Waals surface area contributed by atoms with Crippen LogP contribution in [-0.4, -0.2) is 37.6 Å². The number of aryl methyl sites for hydroxylation is 2. The largest absolute Gasteiger partial charge is 0.435 e. The van der Waals surface area contributed by atoms with E-state index in [1.165, 1.54) is 0 Å². The molecule has 2 N–H and O–H groups in total. The number of benzene rings is 1. The summed E-state index contributed by atoms with van der Waals surface area (Å²) >= 11 is 0. The number of nitrogens with zero attached hydrogens (tertiary/aromatic N) is 4. The number of piperidine rings is 1. The molecule has 0 saturated carbocycles. The van der Waals surface area contributed by atoms with Crippen LogP contribution in [0.2, 0.25) is 0 Å². The van der Waals surface area contributed by atoms with Crippen LogP contribution in [0.4, 0.5) is 13.2 Å². The molecular formula is C22H23F3N6. The second-order valence-electron chi connectivity index (χ2n) is 8.18. The van der Waals surface area contributed by atoms with Crippen LogP contribution in [-0.2, 0) is 12.7 Å². The van der Waals surface area contributed by atoms with Crippen molar-refractivity contribution in [1.82, 2.24) is 29.8 Å². The second-order valence-corrected chi connectivity index (χ2v) is 8.18. The summed E-state index contributed by atoms with van der Waals surface area (Å²) in [7, 11) is 0. The van der Waals surface area contributed by atoms with Crippen molar-refractivity contribution in [3.63, 3.8) is 0 Å². The minimum absolute atomic E-state index is 0.124. The summed E-state index contributed by atoms with van der Waals surface area (Å²) in [5.74, 6) is 1.39. The van der Waals surface area contributed by atoms with Gasteiger partial charge in [0, 0.05) is 24.3 Å².